The summed E-state index contributed by atoms with van der Waals surface area (Å²) >= 11 is 1.59. The van der Waals surface area contributed by atoms with Crippen molar-refractivity contribution in [2.45, 2.75) is 26.9 Å². The van der Waals surface area contributed by atoms with Crippen LogP contribution in [0.5, 0.6) is 5.75 Å². The van der Waals surface area contributed by atoms with Gasteiger partial charge in [0, 0.05) is 5.69 Å². The van der Waals surface area contributed by atoms with Gasteiger partial charge in [-0.15, -0.1) is 11.3 Å². The maximum Gasteiger partial charge on any atom is 0.265 e. The fraction of sp³-hybridized carbons (Fsp3) is 0.250. The molecule has 1 atom stereocenters. The standard InChI is InChI=1S/C20H19N3O2S/c1-12(2)19(25-17-7-5-4-6-14(17)11-21)20(24)23-15-8-9-16-18(10-15)26-13(3)22-16/h4-10,12,19H,1-3H3,(H,23,24). The van der Waals surface area contributed by atoms with E-state index in [2.05, 4.69) is 16.4 Å². The molecule has 1 amide bonds. The van der Waals surface area contributed by atoms with Crippen LogP contribution >= 0.6 is 11.3 Å². The van der Waals surface area contributed by atoms with Gasteiger partial charge in [-0.25, -0.2) is 4.98 Å². The van der Waals surface area contributed by atoms with E-state index in [4.69, 9.17) is 4.74 Å². The van der Waals surface area contributed by atoms with Crippen molar-refractivity contribution in [3.05, 3.63) is 53.0 Å². The van der Waals surface area contributed by atoms with Gasteiger partial charge in [-0.3, -0.25) is 4.79 Å². The summed E-state index contributed by atoms with van der Waals surface area (Å²) in [5.41, 5.74) is 2.03. The van der Waals surface area contributed by atoms with Gasteiger partial charge in [0.1, 0.15) is 11.8 Å². The van der Waals surface area contributed by atoms with Crippen LogP contribution in [0.15, 0.2) is 42.5 Å². The van der Waals surface area contributed by atoms with Gasteiger partial charge < -0.3 is 10.1 Å². The van der Waals surface area contributed by atoms with Crippen molar-refractivity contribution in [2.75, 3.05) is 5.32 Å². The van der Waals surface area contributed by atoms with Gasteiger partial charge in [-0.05, 0) is 43.2 Å². The third kappa shape index (κ3) is 3.84. The second kappa shape index (κ2) is 7.54. The molecule has 2 aromatic carbocycles. The van der Waals surface area contributed by atoms with Crippen LogP contribution in [0.4, 0.5) is 5.69 Å². The van der Waals surface area contributed by atoms with Gasteiger partial charge in [0.15, 0.2) is 6.10 Å². The Balaban J connectivity index is 1.80. The summed E-state index contributed by atoms with van der Waals surface area (Å²) in [4.78, 5) is 17.2. The molecule has 6 heteroatoms. The quantitative estimate of drug-likeness (QED) is 0.721. The van der Waals surface area contributed by atoms with Crippen LogP contribution in [0.2, 0.25) is 0 Å². The molecule has 0 saturated carbocycles. The molecule has 1 N–H and O–H groups in total. The van der Waals surface area contributed by atoms with Crippen molar-refractivity contribution in [3.63, 3.8) is 0 Å². The number of para-hydroxylation sites is 1. The Bertz CT molecular complexity index is 988. The first kappa shape index (κ1) is 17.9. The van der Waals surface area contributed by atoms with Crippen molar-refractivity contribution in [1.82, 2.24) is 4.98 Å². The smallest absolute Gasteiger partial charge is 0.265 e. The first-order valence-corrected chi connectivity index (χ1v) is 9.13. The van der Waals surface area contributed by atoms with Crippen LogP contribution in [-0.4, -0.2) is 17.0 Å². The molecule has 132 valence electrons. The second-order valence-corrected chi connectivity index (χ2v) is 7.53. The molecule has 0 fully saturated rings. The summed E-state index contributed by atoms with van der Waals surface area (Å²) in [7, 11) is 0. The van der Waals surface area contributed by atoms with Gasteiger partial charge in [0.25, 0.3) is 5.91 Å². The largest absolute Gasteiger partial charge is 0.479 e. The average molecular weight is 365 g/mol. The zero-order chi connectivity index (χ0) is 18.7. The predicted octanol–water partition coefficient (Wildman–Crippen LogP) is 4.52. The van der Waals surface area contributed by atoms with Crippen molar-refractivity contribution in [3.8, 4) is 11.8 Å². The van der Waals surface area contributed by atoms with Crippen molar-refractivity contribution in [1.29, 1.82) is 5.26 Å². The molecule has 3 rings (SSSR count). The molecule has 0 radical (unpaired) electrons. The lowest BCUT2D eigenvalue weighted by atomic mass is 10.1. The number of hydrogen-bond donors (Lipinski definition) is 1. The molecule has 1 heterocycles. The molecule has 0 aliphatic carbocycles. The number of nitrogens with one attached hydrogen (secondary N) is 1. The van der Waals surface area contributed by atoms with E-state index in [9.17, 15) is 10.1 Å². The van der Waals surface area contributed by atoms with Gasteiger partial charge in [-0.1, -0.05) is 26.0 Å². The lowest BCUT2D eigenvalue weighted by Crippen LogP contribution is -2.37. The summed E-state index contributed by atoms with van der Waals surface area (Å²) in [6.45, 7) is 5.78. The van der Waals surface area contributed by atoms with Crippen molar-refractivity contribution < 1.29 is 9.53 Å². The van der Waals surface area contributed by atoms with Crippen LogP contribution < -0.4 is 10.1 Å². The van der Waals surface area contributed by atoms with E-state index in [0.29, 0.717) is 17.0 Å². The maximum atomic E-state index is 12.8. The molecule has 0 bridgehead atoms. The zero-order valence-electron chi connectivity index (χ0n) is 14.8. The fourth-order valence-corrected chi connectivity index (χ4v) is 3.49. The molecular formula is C20H19N3O2S. The van der Waals surface area contributed by atoms with Gasteiger partial charge in [0.2, 0.25) is 0 Å². The van der Waals surface area contributed by atoms with E-state index in [1.165, 1.54) is 0 Å². The van der Waals surface area contributed by atoms with Crippen molar-refractivity contribution >= 4 is 33.1 Å². The Morgan fingerprint density at radius 2 is 2.04 bits per heavy atom. The monoisotopic (exact) mass is 365 g/mol. The zero-order valence-corrected chi connectivity index (χ0v) is 15.6. The third-order valence-corrected chi connectivity index (χ3v) is 4.82. The average Bonchev–Trinajstić information content (AvgIpc) is 2.98. The molecule has 3 aromatic rings. The summed E-state index contributed by atoms with van der Waals surface area (Å²) in [6, 6.07) is 14.7. The number of hydrogen-bond acceptors (Lipinski definition) is 5. The second-order valence-electron chi connectivity index (χ2n) is 6.30. The number of carbonyl (C=O) groups excluding carboxylic acids is 1. The summed E-state index contributed by atoms with van der Waals surface area (Å²) < 4.78 is 6.90. The number of ether oxygens (including phenoxy) is 1. The number of rotatable bonds is 5. The minimum absolute atomic E-state index is 0.0591. The van der Waals surface area contributed by atoms with Crippen LogP contribution in [0.1, 0.15) is 24.4 Å². The molecule has 1 unspecified atom stereocenters. The maximum absolute atomic E-state index is 12.8. The summed E-state index contributed by atoms with van der Waals surface area (Å²) in [5.74, 6) is 0.113. The van der Waals surface area contributed by atoms with Crippen molar-refractivity contribution in [2.24, 2.45) is 5.92 Å². The number of nitriles is 1. The molecule has 0 aliphatic rings. The minimum atomic E-state index is -0.705. The topological polar surface area (TPSA) is 75.0 Å². The Morgan fingerprint density at radius 1 is 1.27 bits per heavy atom. The molecule has 5 nitrogen and oxygen atoms in total. The lowest BCUT2D eigenvalue weighted by Gasteiger charge is -2.22. The Labute approximate surface area is 156 Å². The van der Waals surface area contributed by atoms with Gasteiger partial charge >= 0.3 is 0 Å². The highest BCUT2D eigenvalue weighted by molar-refractivity contribution is 7.18. The van der Waals surface area contributed by atoms with E-state index >= 15 is 0 Å². The molecular weight excluding hydrogens is 346 g/mol. The number of fused-ring (bicyclic) bond motifs is 1. The number of aryl methyl sites for hydroxylation is 1. The number of carbonyl (C=O) groups is 1. The number of amides is 1. The summed E-state index contributed by atoms with van der Waals surface area (Å²) in [6.07, 6.45) is -0.705. The summed E-state index contributed by atoms with van der Waals surface area (Å²) in [5, 5.41) is 13.1. The van der Waals surface area contributed by atoms with Crippen LogP contribution in [0.3, 0.4) is 0 Å². The predicted molar refractivity (Wildman–Crippen MR) is 103 cm³/mol. The number of nitrogens with zero attached hydrogens (tertiary/aromatic N) is 2. The highest BCUT2D eigenvalue weighted by atomic mass is 32.1. The fourth-order valence-electron chi connectivity index (χ4n) is 2.62. The number of anilines is 1. The van der Waals surface area contributed by atoms with E-state index in [0.717, 1.165) is 15.2 Å². The van der Waals surface area contributed by atoms with Crippen LogP contribution in [0.25, 0.3) is 10.2 Å². The van der Waals surface area contributed by atoms with E-state index in [1.54, 1.807) is 35.6 Å². The first-order chi connectivity index (χ1) is 12.5. The molecule has 0 aliphatic heterocycles. The van der Waals surface area contributed by atoms with Crippen LogP contribution in [-0.2, 0) is 4.79 Å². The van der Waals surface area contributed by atoms with E-state index < -0.39 is 6.10 Å². The van der Waals surface area contributed by atoms with Gasteiger partial charge in [0.05, 0.1) is 20.8 Å². The molecule has 0 saturated heterocycles. The first-order valence-electron chi connectivity index (χ1n) is 8.32. The Morgan fingerprint density at radius 3 is 2.77 bits per heavy atom. The van der Waals surface area contributed by atoms with E-state index in [1.807, 2.05) is 39.0 Å². The van der Waals surface area contributed by atoms with Crippen LogP contribution in [0, 0.1) is 24.2 Å². The SMILES string of the molecule is Cc1nc2ccc(NC(=O)C(Oc3ccccc3C#N)C(C)C)cc2s1. The normalized spacial score (nSPS) is 12.0. The minimum Gasteiger partial charge on any atom is -0.479 e. The number of thiazole rings is 1. The highest BCUT2D eigenvalue weighted by Gasteiger charge is 2.25. The third-order valence-electron chi connectivity index (χ3n) is 3.89. The molecule has 26 heavy (non-hydrogen) atoms. The molecule has 1 aromatic heterocycles. The molecule has 0 spiro atoms. The number of benzene rings is 2. The Kier molecular flexibility index (Phi) is 5.19. The highest BCUT2D eigenvalue weighted by Crippen LogP contribution is 2.26. The Hall–Kier alpha value is -2.91. The van der Waals surface area contributed by atoms with E-state index in [-0.39, 0.29) is 11.8 Å². The number of aromatic nitrogens is 1. The van der Waals surface area contributed by atoms with Gasteiger partial charge in [-0.2, -0.15) is 5.26 Å². The lowest BCUT2D eigenvalue weighted by molar-refractivity contribution is -0.124.